The van der Waals surface area contributed by atoms with Gasteiger partial charge in [0.05, 0.1) is 6.07 Å². The maximum atomic E-state index is 8.90. The minimum Gasteiger partial charge on any atom is -0.326 e. The van der Waals surface area contributed by atoms with Crippen LogP contribution in [0.2, 0.25) is 0 Å². The lowest BCUT2D eigenvalue weighted by Crippen LogP contribution is -2.55. The predicted octanol–water partition coefficient (Wildman–Crippen LogP) is 2.98. The average molecular weight is 309 g/mol. The lowest BCUT2D eigenvalue weighted by atomic mass is 9.86. The second kappa shape index (κ2) is 8.29. The number of nitrogens with two attached hydrogens (primary N) is 1. The highest BCUT2D eigenvalue weighted by molar-refractivity contribution is 5.09. The summed E-state index contributed by atoms with van der Waals surface area (Å²) in [5.74, 6) is 0. The van der Waals surface area contributed by atoms with Crippen LogP contribution in [0.1, 0.15) is 64.7 Å². The Morgan fingerprint density at radius 3 is 1.68 bits per heavy atom. The minimum absolute atomic E-state index is 0.125. The van der Waals surface area contributed by atoms with E-state index >= 15 is 0 Å². The molecule has 2 aliphatic carbocycles. The molecule has 0 aromatic heterocycles. The second-order valence-corrected chi connectivity index (χ2v) is 7.46. The summed E-state index contributed by atoms with van der Waals surface area (Å²) < 4.78 is 0. The molecule has 2 N–H and O–H groups in total. The largest absolute Gasteiger partial charge is 0.326 e. The molecule has 2 saturated carbocycles. The fourth-order valence-corrected chi connectivity index (χ4v) is 4.14. The van der Waals surface area contributed by atoms with Crippen LogP contribution in [0.5, 0.6) is 0 Å². The first-order chi connectivity index (χ1) is 10.3. The topological polar surface area (TPSA) is 56.3 Å². The molecule has 128 valence electrons. The van der Waals surface area contributed by atoms with Crippen LogP contribution in [-0.2, 0) is 0 Å². The Hall–Kier alpha value is -0.630. The molecule has 0 aliphatic heterocycles. The molecule has 0 aromatic carbocycles. The molecule has 22 heavy (non-hydrogen) atoms. The number of hydrogen-bond acceptors (Lipinski definition) is 4. The Bertz CT molecular complexity index is 358. The van der Waals surface area contributed by atoms with E-state index in [-0.39, 0.29) is 5.54 Å². The molecule has 2 rings (SSSR count). The molecule has 0 amide bonds. The maximum absolute atomic E-state index is 8.90. The molecular weight excluding hydrogens is 272 g/mol. The van der Waals surface area contributed by atoms with Gasteiger partial charge < -0.3 is 10.6 Å². The molecule has 0 aromatic rings. The molecule has 0 saturated heterocycles. The highest BCUT2D eigenvalue weighted by atomic mass is 15.2. The first-order valence-corrected chi connectivity index (χ1v) is 8.86. The maximum Gasteiger partial charge on any atom is 0.108 e. The highest BCUT2D eigenvalue weighted by Gasteiger charge is 2.40. The van der Waals surface area contributed by atoms with Gasteiger partial charge >= 0.3 is 0 Å². The van der Waals surface area contributed by atoms with Gasteiger partial charge in [-0.3, -0.25) is 4.90 Å². The smallest absolute Gasteiger partial charge is 0.108 e. The van der Waals surface area contributed by atoms with E-state index in [0.717, 1.165) is 19.3 Å². The van der Waals surface area contributed by atoms with Crippen molar-refractivity contribution in [1.82, 2.24) is 9.80 Å². The molecular formula is C18H36N4. The molecule has 4 nitrogen and oxygen atoms in total. The summed E-state index contributed by atoms with van der Waals surface area (Å²) in [5.41, 5.74) is 6.36. The Balaban J connectivity index is 0.000000224. The molecule has 4 heteroatoms. The number of nitriles is 1. The zero-order valence-electron chi connectivity index (χ0n) is 15.4. The second-order valence-electron chi connectivity index (χ2n) is 7.46. The van der Waals surface area contributed by atoms with Crippen LogP contribution in [-0.4, -0.2) is 55.1 Å². The zero-order valence-corrected chi connectivity index (χ0v) is 15.4. The Morgan fingerprint density at radius 1 is 0.955 bits per heavy atom. The van der Waals surface area contributed by atoms with Crippen molar-refractivity contribution in [3.63, 3.8) is 0 Å². The van der Waals surface area contributed by atoms with E-state index in [0.29, 0.717) is 11.6 Å². The van der Waals surface area contributed by atoms with Crippen LogP contribution in [0.3, 0.4) is 0 Å². The third kappa shape index (κ3) is 4.01. The van der Waals surface area contributed by atoms with Gasteiger partial charge in [0.1, 0.15) is 5.54 Å². The average Bonchev–Trinajstić information content (AvgIpc) is 3.17. The van der Waals surface area contributed by atoms with Crippen molar-refractivity contribution in [2.45, 2.75) is 81.8 Å². The number of hydrogen-bond donors (Lipinski definition) is 1. The molecule has 2 aliphatic rings. The van der Waals surface area contributed by atoms with Crippen molar-refractivity contribution in [2.75, 3.05) is 28.2 Å². The standard InChI is InChI=1S/C10H22N2.C8H14N2/c1-4-9(11)10(12(2)3)7-5-6-8-10;1-10(2)8(7-9)5-3-4-6-8/h9H,4-8,11H2,1-3H3;3-6H2,1-2H3. The summed E-state index contributed by atoms with van der Waals surface area (Å²) in [6.45, 7) is 2.19. The summed E-state index contributed by atoms with van der Waals surface area (Å²) in [6, 6.07) is 2.76. The van der Waals surface area contributed by atoms with Crippen LogP contribution in [0.4, 0.5) is 0 Å². The summed E-state index contributed by atoms with van der Waals surface area (Å²) >= 11 is 0. The molecule has 1 unspecified atom stereocenters. The lowest BCUT2D eigenvalue weighted by molar-refractivity contribution is 0.121. The van der Waals surface area contributed by atoms with Crippen molar-refractivity contribution < 1.29 is 0 Å². The normalized spacial score (nSPS) is 24.0. The van der Waals surface area contributed by atoms with Gasteiger partial charge in [-0.1, -0.05) is 32.6 Å². The quantitative estimate of drug-likeness (QED) is 0.867. The van der Waals surface area contributed by atoms with Gasteiger partial charge in [0, 0.05) is 11.6 Å². The Labute approximate surface area is 137 Å². The molecule has 0 radical (unpaired) electrons. The van der Waals surface area contributed by atoms with Gasteiger partial charge in [-0.25, -0.2) is 0 Å². The van der Waals surface area contributed by atoms with Crippen LogP contribution in [0.25, 0.3) is 0 Å². The van der Waals surface area contributed by atoms with Crippen molar-refractivity contribution in [3.05, 3.63) is 0 Å². The molecule has 2 fully saturated rings. The fourth-order valence-electron chi connectivity index (χ4n) is 4.14. The van der Waals surface area contributed by atoms with Gasteiger partial charge in [0.25, 0.3) is 0 Å². The van der Waals surface area contributed by atoms with E-state index in [1.54, 1.807) is 0 Å². The number of likely N-dealkylation sites (N-methyl/N-ethyl adjacent to an activating group) is 1. The summed E-state index contributed by atoms with van der Waals surface area (Å²) in [5, 5.41) is 8.90. The van der Waals surface area contributed by atoms with Crippen LogP contribution in [0.15, 0.2) is 0 Å². The first-order valence-electron chi connectivity index (χ1n) is 8.86. The molecule has 1 atom stereocenters. The summed E-state index contributed by atoms with van der Waals surface area (Å²) in [6.07, 6.45) is 10.9. The van der Waals surface area contributed by atoms with E-state index in [2.05, 4.69) is 36.9 Å². The lowest BCUT2D eigenvalue weighted by Gasteiger charge is -2.41. The number of rotatable bonds is 4. The fraction of sp³-hybridized carbons (Fsp3) is 0.944. The van der Waals surface area contributed by atoms with Gasteiger partial charge in [0.2, 0.25) is 0 Å². The zero-order chi connectivity index (χ0) is 16.8. The minimum atomic E-state index is -0.125. The SMILES string of the molecule is CCC(N)C1(N(C)C)CCCC1.CN(C)C1(C#N)CCCC1. The molecule has 0 heterocycles. The van der Waals surface area contributed by atoms with Gasteiger partial charge in [-0.05, 0) is 60.3 Å². The summed E-state index contributed by atoms with van der Waals surface area (Å²) in [7, 11) is 8.32. The Kier molecular flexibility index (Phi) is 7.31. The van der Waals surface area contributed by atoms with Gasteiger partial charge in [-0.15, -0.1) is 0 Å². The monoisotopic (exact) mass is 308 g/mol. The van der Waals surface area contributed by atoms with Crippen LogP contribution < -0.4 is 5.73 Å². The van der Waals surface area contributed by atoms with Crippen molar-refractivity contribution in [1.29, 1.82) is 5.26 Å². The number of nitrogens with zero attached hydrogens (tertiary/aromatic N) is 3. The van der Waals surface area contributed by atoms with E-state index in [4.69, 9.17) is 11.0 Å². The predicted molar refractivity (Wildman–Crippen MR) is 93.7 cm³/mol. The van der Waals surface area contributed by atoms with Gasteiger partial charge in [0.15, 0.2) is 0 Å². The summed E-state index contributed by atoms with van der Waals surface area (Å²) in [4.78, 5) is 4.40. The van der Waals surface area contributed by atoms with E-state index in [1.807, 2.05) is 14.1 Å². The third-order valence-electron chi connectivity index (χ3n) is 5.98. The van der Waals surface area contributed by atoms with Crippen LogP contribution in [0, 0.1) is 11.3 Å². The van der Waals surface area contributed by atoms with Gasteiger partial charge in [-0.2, -0.15) is 5.26 Å². The van der Waals surface area contributed by atoms with E-state index in [1.165, 1.54) is 38.5 Å². The van der Waals surface area contributed by atoms with E-state index in [9.17, 15) is 0 Å². The first kappa shape index (κ1) is 19.4. The third-order valence-corrected chi connectivity index (χ3v) is 5.98. The van der Waals surface area contributed by atoms with E-state index < -0.39 is 0 Å². The highest BCUT2D eigenvalue weighted by Crippen LogP contribution is 2.36. The van der Waals surface area contributed by atoms with Crippen molar-refractivity contribution >= 4 is 0 Å². The van der Waals surface area contributed by atoms with Crippen molar-refractivity contribution in [3.8, 4) is 6.07 Å². The van der Waals surface area contributed by atoms with Crippen molar-refractivity contribution in [2.24, 2.45) is 5.73 Å². The van der Waals surface area contributed by atoms with Crippen LogP contribution >= 0.6 is 0 Å². The molecule has 0 bridgehead atoms. The Morgan fingerprint density at radius 2 is 1.41 bits per heavy atom. The molecule has 0 spiro atoms.